The van der Waals surface area contributed by atoms with Crippen molar-refractivity contribution < 1.29 is 0 Å². The van der Waals surface area contributed by atoms with Gasteiger partial charge in [-0.25, -0.2) is 0 Å². The first-order valence-electron chi connectivity index (χ1n) is 2.28. The highest BCUT2D eigenvalue weighted by molar-refractivity contribution is 7.16. The molecule has 1 rings (SSSR count). The summed E-state index contributed by atoms with van der Waals surface area (Å²) in [5.74, 6) is 0. The van der Waals surface area contributed by atoms with Crippen molar-refractivity contribution in [2.45, 2.75) is 13.0 Å². The van der Waals surface area contributed by atoms with E-state index in [4.69, 9.17) is 0 Å². The molecule has 1 unspecified atom stereocenters. The van der Waals surface area contributed by atoms with Gasteiger partial charge in [-0.15, -0.1) is 9.24 Å². The van der Waals surface area contributed by atoms with Crippen LogP contribution in [0.15, 0.2) is 0 Å². The van der Waals surface area contributed by atoms with Crippen molar-refractivity contribution in [1.82, 2.24) is 4.90 Å². The number of rotatable bonds is 1. The standard InChI is InChI=1S/C4H10NP/c1-4-2-5(4)3-6/h4H,2-3,6H2,1H3/t4-,5-/m0/s1. The van der Waals surface area contributed by atoms with Crippen molar-refractivity contribution in [3.8, 4) is 0 Å². The fourth-order valence-electron chi connectivity index (χ4n) is 0.547. The first kappa shape index (κ1) is 4.55. The maximum Gasteiger partial charge on any atom is 0.0199 e. The maximum absolute atomic E-state index is 2.71. The van der Waals surface area contributed by atoms with E-state index < -0.39 is 0 Å². The van der Waals surface area contributed by atoms with Gasteiger partial charge in [0.25, 0.3) is 0 Å². The van der Waals surface area contributed by atoms with Gasteiger partial charge in [0.1, 0.15) is 0 Å². The maximum atomic E-state index is 2.71. The van der Waals surface area contributed by atoms with Crippen LogP contribution in [-0.4, -0.2) is 23.8 Å². The largest absolute Gasteiger partial charge is 0.294 e. The van der Waals surface area contributed by atoms with E-state index in [-0.39, 0.29) is 0 Å². The van der Waals surface area contributed by atoms with Gasteiger partial charge in [-0.05, 0) is 6.92 Å². The van der Waals surface area contributed by atoms with Crippen LogP contribution in [0.2, 0.25) is 0 Å². The number of hydrogen-bond donors (Lipinski definition) is 0. The monoisotopic (exact) mass is 103 g/mol. The van der Waals surface area contributed by atoms with E-state index in [0.717, 1.165) is 12.3 Å². The minimum absolute atomic E-state index is 0.877. The predicted octanol–water partition coefficient (Wildman–Crippen LogP) is 0.523. The summed E-state index contributed by atoms with van der Waals surface area (Å²) < 4.78 is 0. The second-order valence-corrected chi connectivity index (χ2v) is 2.17. The van der Waals surface area contributed by atoms with Crippen molar-refractivity contribution in [1.29, 1.82) is 0 Å². The smallest absolute Gasteiger partial charge is 0.0199 e. The molecule has 1 aliphatic rings. The van der Waals surface area contributed by atoms with Gasteiger partial charge in [0.05, 0.1) is 0 Å². The minimum Gasteiger partial charge on any atom is -0.294 e. The second kappa shape index (κ2) is 1.48. The van der Waals surface area contributed by atoms with Gasteiger partial charge in [0.2, 0.25) is 0 Å². The molecule has 1 aliphatic heterocycles. The van der Waals surface area contributed by atoms with Gasteiger partial charge >= 0.3 is 0 Å². The van der Waals surface area contributed by atoms with E-state index in [0.29, 0.717) is 0 Å². The number of nitrogens with zero attached hydrogens (tertiary/aromatic N) is 1. The predicted molar refractivity (Wildman–Crippen MR) is 30.7 cm³/mol. The quantitative estimate of drug-likeness (QED) is 0.345. The lowest BCUT2D eigenvalue weighted by molar-refractivity contribution is 0.614. The van der Waals surface area contributed by atoms with Crippen LogP contribution in [0.1, 0.15) is 6.92 Å². The molecule has 2 heteroatoms. The molecule has 1 heterocycles. The molecule has 0 aliphatic carbocycles. The Morgan fingerprint density at radius 1 is 2.00 bits per heavy atom. The molecule has 0 saturated carbocycles. The fourth-order valence-corrected chi connectivity index (χ4v) is 1.06. The molecule has 0 aromatic carbocycles. The van der Waals surface area contributed by atoms with E-state index in [1.54, 1.807) is 0 Å². The molecule has 0 aromatic rings. The van der Waals surface area contributed by atoms with Crippen LogP contribution in [0.3, 0.4) is 0 Å². The SMILES string of the molecule is C[C@H]1C[N@@]1CP. The van der Waals surface area contributed by atoms with Gasteiger partial charge in [-0.1, -0.05) is 0 Å². The summed E-state index contributed by atoms with van der Waals surface area (Å²) in [7, 11) is 2.71. The van der Waals surface area contributed by atoms with Gasteiger partial charge in [0.15, 0.2) is 0 Å². The van der Waals surface area contributed by atoms with Gasteiger partial charge in [-0.3, -0.25) is 4.90 Å². The highest BCUT2D eigenvalue weighted by Crippen LogP contribution is 2.15. The van der Waals surface area contributed by atoms with Crippen LogP contribution in [0.4, 0.5) is 0 Å². The molecule has 1 saturated heterocycles. The van der Waals surface area contributed by atoms with E-state index >= 15 is 0 Å². The summed E-state index contributed by atoms with van der Waals surface area (Å²) in [5.41, 5.74) is 0. The molecule has 1 nitrogen and oxygen atoms in total. The summed E-state index contributed by atoms with van der Waals surface area (Å²) >= 11 is 0. The third-order valence-electron chi connectivity index (χ3n) is 1.22. The average molecular weight is 103 g/mol. The Bertz CT molecular complexity index is 53.5. The lowest BCUT2D eigenvalue weighted by Gasteiger charge is -1.86. The van der Waals surface area contributed by atoms with Gasteiger partial charge in [-0.2, -0.15) is 0 Å². The lowest BCUT2D eigenvalue weighted by atomic mass is 10.6. The van der Waals surface area contributed by atoms with Gasteiger partial charge < -0.3 is 0 Å². The molecule has 0 aromatic heterocycles. The zero-order valence-electron chi connectivity index (χ0n) is 4.02. The van der Waals surface area contributed by atoms with Crippen molar-refractivity contribution in [3.63, 3.8) is 0 Å². The van der Waals surface area contributed by atoms with Crippen LogP contribution >= 0.6 is 9.24 Å². The topological polar surface area (TPSA) is 3.01 Å². The van der Waals surface area contributed by atoms with E-state index in [1.165, 1.54) is 6.54 Å². The number of hydrogen-bond acceptors (Lipinski definition) is 1. The molecule has 36 valence electrons. The molecule has 0 N–H and O–H groups in total. The Morgan fingerprint density at radius 2 is 2.50 bits per heavy atom. The Morgan fingerprint density at radius 3 is 2.50 bits per heavy atom. The lowest BCUT2D eigenvalue weighted by Crippen LogP contribution is -1.91. The molecular weight excluding hydrogens is 93.0 g/mol. The van der Waals surface area contributed by atoms with Gasteiger partial charge in [0, 0.05) is 18.9 Å². The van der Waals surface area contributed by atoms with Crippen molar-refractivity contribution in [2.75, 3.05) is 12.8 Å². The van der Waals surface area contributed by atoms with E-state index in [1.807, 2.05) is 0 Å². The Hall–Kier alpha value is 0.390. The van der Waals surface area contributed by atoms with Crippen molar-refractivity contribution in [2.24, 2.45) is 0 Å². The minimum atomic E-state index is 0.877. The zero-order valence-corrected chi connectivity index (χ0v) is 5.17. The van der Waals surface area contributed by atoms with E-state index in [9.17, 15) is 0 Å². The van der Waals surface area contributed by atoms with E-state index in [2.05, 4.69) is 21.1 Å². The fraction of sp³-hybridized carbons (Fsp3) is 1.00. The molecular formula is C4H10NP. The molecule has 0 radical (unpaired) electrons. The molecule has 3 atom stereocenters. The summed E-state index contributed by atoms with van der Waals surface area (Å²) in [6.07, 6.45) is 1.15. The third-order valence-corrected chi connectivity index (χ3v) is 1.69. The average Bonchev–Trinajstić information content (AvgIpc) is 2.19. The summed E-state index contributed by atoms with van der Waals surface area (Å²) in [6.45, 7) is 3.55. The summed E-state index contributed by atoms with van der Waals surface area (Å²) in [6, 6.07) is 0.877. The third kappa shape index (κ3) is 0.717. The highest BCUT2D eigenvalue weighted by atomic mass is 31.0. The molecule has 0 spiro atoms. The van der Waals surface area contributed by atoms with Crippen LogP contribution in [0, 0.1) is 0 Å². The normalized spacial score (nSPS) is 43.0. The van der Waals surface area contributed by atoms with Crippen LogP contribution in [0.5, 0.6) is 0 Å². The highest BCUT2D eigenvalue weighted by Gasteiger charge is 2.25. The molecule has 6 heavy (non-hydrogen) atoms. The molecule has 1 fully saturated rings. The van der Waals surface area contributed by atoms with Crippen LogP contribution in [-0.2, 0) is 0 Å². The summed E-state index contributed by atoms with van der Waals surface area (Å²) in [5, 5.41) is 0. The van der Waals surface area contributed by atoms with Crippen molar-refractivity contribution >= 4 is 9.24 Å². The summed E-state index contributed by atoms with van der Waals surface area (Å²) in [4.78, 5) is 2.38. The Balaban J connectivity index is 2.09. The van der Waals surface area contributed by atoms with Crippen molar-refractivity contribution in [3.05, 3.63) is 0 Å². The molecule has 0 amide bonds. The Kier molecular flexibility index (Phi) is 1.12. The second-order valence-electron chi connectivity index (χ2n) is 1.80. The molecule has 0 bridgehead atoms. The first-order chi connectivity index (χ1) is 2.84. The van der Waals surface area contributed by atoms with Crippen LogP contribution < -0.4 is 0 Å². The Labute approximate surface area is 40.9 Å². The van der Waals surface area contributed by atoms with Crippen LogP contribution in [0.25, 0.3) is 0 Å². The zero-order chi connectivity index (χ0) is 4.57. The first-order valence-corrected chi connectivity index (χ1v) is 3.10.